The van der Waals surface area contributed by atoms with Crippen molar-refractivity contribution in [1.82, 2.24) is 4.98 Å². The number of sulfone groups is 1. The molecule has 1 aliphatic carbocycles. The number of carbonyl (C=O) groups excluding carboxylic acids is 1. The van der Waals surface area contributed by atoms with Gasteiger partial charge in [0, 0.05) is 5.56 Å². The van der Waals surface area contributed by atoms with Crippen molar-refractivity contribution in [3.63, 3.8) is 0 Å². The summed E-state index contributed by atoms with van der Waals surface area (Å²) in [7, 11) is -3.44. The van der Waals surface area contributed by atoms with Crippen molar-refractivity contribution in [3.8, 4) is 0 Å². The number of rotatable bonds is 8. The Labute approximate surface area is 179 Å². The Hall–Kier alpha value is -2.51. The van der Waals surface area contributed by atoms with Crippen LogP contribution in [-0.4, -0.2) is 48.1 Å². The molecule has 1 aliphatic rings. The summed E-state index contributed by atoms with van der Waals surface area (Å²) in [6, 6.07) is 5.35. The molecule has 0 aliphatic heterocycles. The summed E-state index contributed by atoms with van der Waals surface area (Å²) in [6.45, 7) is 1.10. The van der Waals surface area contributed by atoms with Crippen molar-refractivity contribution in [2.45, 2.75) is 42.2 Å². The quantitative estimate of drug-likeness (QED) is 0.446. The fourth-order valence-corrected chi connectivity index (χ4v) is 4.73. The van der Waals surface area contributed by atoms with E-state index in [9.17, 15) is 26.4 Å². The molecule has 0 unspecified atom stereocenters. The lowest BCUT2D eigenvalue weighted by molar-refractivity contribution is -0.134. The topological polar surface area (TPSA) is 118 Å². The van der Waals surface area contributed by atoms with E-state index >= 15 is 0 Å². The molecule has 3 rings (SSSR count). The number of amides is 1. The molecule has 0 bridgehead atoms. The third-order valence-corrected chi connectivity index (χ3v) is 7.46. The molecule has 2 aromatic rings. The fraction of sp³-hybridized carbons (Fsp3) is 0.389. The number of halogens is 3. The molecule has 0 saturated heterocycles. The van der Waals surface area contributed by atoms with Crippen molar-refractivity contribution in [2.75, 3.05) is 11.9 Å². The van der Waals surface area contributed by atoms with E-state index in [4.69, 9.17) is 9.94 Å². The van der Waals surface area contributed by atoms with Crippen molar-refractivity contribution in [1.29, 1.82) is 0 Å². The summed E-state index contributed by atoms with van der Waals surface area (Å²) in [4.78, 5) is 20.3. The SMILES string of the molecule is C[C@H](CO)ON=C(C(=O)Nc1ncc(C(F)(F)F)s1)c1ccc(S(=O)(=O)C2CC2)cc1. The number of oxime groups is 1. The van der Waals surface area contributed by atoms with Crippen LogP contribution in [0.5, 0.6) is 0 Å². The van der Waals surface area contributed by atoms with E-state index in [0.29, 0.717) is 19.0 Å². The summed E-state index contributed by atoms with van der Waals surface area (Å²) in [5.41, 5.74) is -0.149. The average molecular weight is 477 g/mol. The normalized spacial score (nSPS) is 16.1. The summed E-state index contributed by atoms with van der Waals surface area (Å²) in [5.74, 6) is -0.911. The molecule has 0 spiro atoms. The van der Waals surface area contributed by atoms with Gasteiger partial charge in [-0.05, 0) is 31.9 Å². The zero-order valence-electron chi connectivity index (χ0n) is 16.1. The number of alkyl halides is 3. The van der Waals surface area contributed by atoms with Gasteiger partial charge in [0.05, 0.1) is 22.9 Å². The third-order valence-electron chi connectivity index (χ3n) is 4.22. The van der Waals surface area contributed by atoms with Crippen LogP contribution in [-0.2, 0) is 25.6 Å². The zero-order chi connectivity index (χ0) is 22.8. The van der Waals surface area contributed by atoms with Crippen molar-refractivity contribution < 1.29 is 36.3 Å². The molecular formula is C18H18F3N3O5S2. The third kappa shape index (κ3) is 5.60. The highest BCUT2D eigenvalue weighted by atomic mass is 32.2. The van der Waals surface area contributed by atoms with Gasteiger partial charge in [-0.3, -0.25) is 10.1 Å². The predicted molar refractivity (Wildman–Crippen MR) is 107 cm³/mol. The lowest BCUT2D eigenvalue weighted by Gasteiger charge is -2.10. The maximum absolute atomic E-state index is 12.7. The Balaban J connectivity index is 1.85. The summed E-state index contributed by atoms with van der Waals surface area (Å²) in [5, 5.41) is 14.3. The van der Waals surface area contributed by atoms with Gasteiger partial charge < -0.3 is 9.94 Å². The Morgan fingerprint density at radius 2 is 2.00 bits per heavy atom. The van der Waals surface area contributed by atoms with Gasteiger partial charge >= 0.3 is 6.18 Å². The first-order chi connectivity index (χ1) is 14.5. The number of anilines is 1. The number of aliphatic hydroxyl groups is 1. The molecule has 1 aromatic heterocycles. The number of nitrogens with one attached hydrogen (secondary N) is 1. The van der Waals surface area contributed by atoms with Gasteiger partial charge in [0.25, 0.3) is 5.91 Å². The molecule has 168 valence electrons. The molecule has 0 radical (unpaired) electrons. The maximum Gasteiger partial charge on any atom is 0.427 e. The number of hydrogen-bond donors (Lipinski definition) is 2. The first-order valence-corrected chi connectivity index (χ1v) is 11.4. The predicted octanol–water partition coefficient (Wildman–Crippen LogP) is 2.84. The van der Waals surface area contributed by atoms with Gasteiger partial charge in [-0.25, -0.2) is 13.4 Å². The van der Waals surface area contributed by atoms with Gasteiger partial charge in [-0.15, -0.1) is 0 Å². The van der Waals surface area contributed by atoms with E-state index in [-0.39, 0.29) is 32.6 Å². The van der Waals surface area contributed by atoms with E-state index in [1.54, 1.807) is 0 Å². The molecule has 8 nitrogen and oxygen atoms in total. The molecular weight excluding hydrogens is 459 g/mol. The highest BCUT2D eigenvalue weighted by molar-refractivity contribution is 7.92. The Morgan fingerprint density at radius 1 is 1.35 bits per heavy atom. The molecule has 1 heterocycles. The Morgan fingerprint density at radius 3 is 2.52 bits per heavy atom. The van der Waals surface area contributed by atoms with Crippen LogP contribution in [0.1, 0.15) is 30.2 Å². The van der Waals surface area contributed by atoms with E-state index in [2.05, 4.69) is 15.5 Å². The second-order valence-corrected chi connectivity index (χ2v) is 10.0. The smallest absolute Gasteiger partial charge is 0.392 e. The molecule has 13 heteroatoms. The van der Waals surface area contributed by atoms with Crippen LogP contribution in [0.15, 0.2) is 40.5 Å². The van der Waals surface area contributed by atoms with Gasteiger partial charge in [0.15, 0.2) is 20.7 Å². The second kappa shape index (κ2) is 8.93. The van der Waals surface area contributed by atoms with Crippen LogP contribution >= 0.6 is 11.3 Å². The average Bonchev–Trinajstić information content (AvgIpc) is 3.47. The monoisotopic (exact) mass is 477 g/mol. The van der Waals surface area contributed by atoms with Gasteiger partial charge in [-0.2, -0.15) is 13.2 Å². The molecule has 2 N–H and O–H groups in total. The number of carbonyl (C=O) groups is 1. The first kappa shape index (κ1) is 23.2. The van der Waals surface area contributed by atoms with Crippen LogP contribution in [0, 0.1) is 0 Å². The van der Waals surface area contributed by atoms with Crippen molar-refractivity contribution >= 4 is 37.9 Å². The number of aliphatic hydroxyl groups excluding tert-OH is 1. The van der Waals surface area contributed by atoms with Crippen molar-refractivity contribution in [2.24, 2.45) is 5.16 Å². The van der Waals surface area contributed by atoms with Gasteiger partial charge in [0.2, 0.25) is 0 Å². The van der Waals surface area contributed by atoms with E-state index in [0.717, 1.165) is 0 Å². The minimum Gasteiger partial charge on any atom is -0.392 e. The highest BCUT2D eigenvalue weighted by Gasteiger charge is 2.37. The number of thiazole rings is 1. The van der Waals surface area contributed by atoms with Crippen LogP contribution in [0.2, 0.25) is 0 Å². The highest BCUT2D eigenvalue weighted by Crippen LogP contribution is 2.35. The lowest BCUT2D eigenvalue weighted by Crippen LogP contribution is -2.25. The summed E-state index contributed by atoms with van der Waals surface area (Å²) in [6.07, 6.45) is -3.56. The number of hydrogen-bond acceptors (Lipinski definition) is 8. The van der Waals surface area contributed by atoms with Gasteiger partial charge in [0.1, 0.15) is 11.0 Å². The molecule has 1 atom stereocenters. The van der Waals surface area contributed by atoms with Crippen LogP contribution in [0.25, 0.3) is 0 Å². The molecule has 1 amide bonds. The Kier molecular flexibility index (Phi) is 6.67. The summed E-state index contributed by atoms with van der Waals surface area (Å²) < 4.78 is 62.9. The minimum atomic E-state index is -4.60. The molecule has 1 saturated carbocycles. The number of benzene rings is 1. The standard InChI is InChI=1S/C18H18F3N3O5S2/c1-10(9-25)29-24-15(16(26)23-17-22-8-14(30-17)18(19,20)21)11-2-4-12(5-3-11)31(27,28)13-6-7-13/h2-5,8,10,13,25H,6-7,9H2,1H3,(H,22,23,26)/t10-/m1/s1. The zero-order valence-corrected chi connectivity index (χ0v) is 17.7. The molecule has 1 aromatic carbocycles. The minimum absolute atomic E-state index is 0.0953. The molecule has 31 heavy (non-hydrogen) atoms. The Bertz CT molecular complexity index is 1080. The fourth-order valence-electron chi connectivity index (χ4n) is 2.39. The number of nitrogens with zero attached hydrogens (tertiary/aromatic N) is 2. The summed E-state index contributed by atoms with van der Waals surface area (Å²) >= 11 is 0.242. The molecule has 1 fully saturated rings. The van der Waals surface area contributed by atoms with E-state index in [1.165, 1.54) is 31.2 Å². The lowest BCUT2D eigenvalue weighted by atomic mass is 10.1. The van der Waals surface area contributed by atoms with Gasteiger partial charge in [-0.1, -0.05) is 28.6 Å². The van der Waals surface area contributed by atoms with Crippen LogP contribution in [0.4, 0.5) is 18.3 Å². The second-order valence-electron chi connectivity index (χ2n) is 6.79. The van der Waals surface area contributed by atoms with Crippen LogP contribution < -0.4 is 5.32 Å². The largest absolute Gasteiger partial charge is 0.427 e. The van der Waals surface area contributed by atoms with E-state index in [1.807, 2.05) is 0 Å². The van der Waals surface area contributed by atoms with E-state index < -0.39 is 44.8 Å². The first-order valence-electron chi connectivity index (χ1n) is 9.05. The number of aromatic nitrogens is 1. The van der Waals surface area contributed by atoms with Crippen molar-refractivity contribution in [3.05, 3.63) is 40.9 Å². The van der Waals surface area contributed by atoms with Crippen LogP contribution in [0.3, 0.4) is 0 Å². The maximum atomic E-state index is 12.7.